The largest absolute Gasteiger partial charge is 0.497 e. The minimum absolute atomic E-state index is 0.000804. The maximum absolute atomic E-state index is 12.6. The molecule has 2 aromatic carbocycles. The summed E-state index contributed by atoms with van der Waals surface area (Å²) in [5.41, 5.74) is 0.458. The van der Waals surface area contributed by atoms with Crippen molar-refractivity contribution in [2.24, 2.45) is 7.05 Å². The zero-order chi connectivity index (χ0) is 21.1. The summed E-state index contributed by atoms with van der Waals surface area (Å²) in [4.78, 5) is 24.7. The van der Waals surface area contributed by atoms with Gasteiger partial charge >= 0.3 is 5.69 Å². The van der Waals surface area contributed by atoms with Gasteiger partial charge in [0, 0.05) is 31.6 Å². The second kappa shape index (κ2) is 8.44. The third kappa shape index (κ3) is 4.22. The number of aryl methyl sites for hydroxylation is 2. The third-order valence-corrected chi connectivity index (χ3v) is 5.25. The van der Waals surface area contributed by atoms with Crippen molar-refractivity contribution in [2.75, 3.05) is 7.11 Å². The molecule has 4 rings (SSSR count). The highest BCUT2D eigenvalue weighted by Crippen LogP contribution is 2.24. The summed E-state index contributed by atoms with van der Waals surface area (Å²) in [6, 6.07) is 14.3. The van der Waals surface area contributed by atoms with E-state index in [0.29, 0.717) is 36.4 Å². The molecule has 3 aromatic rings. The first-order valence-corrected chi connectivity index (χ1v) is 9.89. The number of hydrogen-bond acceptors (Lipinski definition) is 5. The van der Waals surface area contributed by atoms with Crippen LogP contribution in [-0.2, 0) is 20.0 Å². The molecule has 156 valence electrons. The SMILES string of the molecule is COc1ccc(Oc2ccc(C(=O)NC3CCc4nn(C)c(=O)n4CC3)cc2)cc1. The fraction of sp³-hybridized carbons (Fsp3) is 0.318. The first-order chi connectivity index (χ1) is 14.5. The highest BCUT2D eigenvalue weighted by Gasteiger charge is 2.21. The first kappa shape index (κ1) is 19.8. The van der Waals surface area contributed by atoms with Crippen LogP contribution in [0.3, 0.4) is 0 Å². The van der Waals surface area contributed by atoms with Gasteiger partial charge < -0.3 is 14.8 Å². The molecule has 2 heterocycles. The lowest BCUT2D eigenvalue weighted by atomic mass is 10.1. The molecule has 1 N–H and O–H groups in total. The lowest BCUT2D eigenvalue weighted by molar-refractivity contribution is 0.0933. The van der Waals surface area contributed by atoms with Crippen LogP contribution in [0.25, 0.3) is 0 Å². The van der Waals surface area contributed by atoms with Crippen LogP contribution in [0.2, 0.25) is 0 Å². The summed E-state index contributed by atoms with van der Waals surface area (Å²) < 4.78 is 14.0. The molecule has 1 aliphatic rings. The van der Waals surface area contributed by atoms with Gasteiger partial charge in [-0.15, -0.1) is 0 Å². The van der Waals surface area contributed by atoms with E-state index in [0.717, 1.165) is 18.0 Å². The van der Waals surface area contributed by atoms with Gasteiger partial charge in [0.25, 0.3) is 5.91 Å². The number of benzene rings is 2. The van der Waals surface area contributed by atoms with Gasteiger partial charge in [-0.05, 0) is 61.4 Å². The lowest BCUT2D eigenvalue weighted by Gasteiger charge is -2.16. The predicted octanol–water partition coefficient (Wildman–Crippen LogP) is 2.52. The summed E-state index contributed by atoms with van der Waals surface area (Å²) in [7, 11) is 3.27. The Morgan fingerprint density at radius 2 is 1.67 bits per heavy atom. The van der Waals surface area contributed by atoms with Crippen molar-refractivity contribution in [3.8, 4) is 17.2 Å². The summed E-state index contributed by atoms with van der Waals surface area (Å²) >= 11 is 0. The van der Waals surface area contributed by atoms with Crippen molar-refractivity contribution in [2.45, 2.75) is 31.8 Å². The molecular weight excluding hydrogens is 384 g/mol. The van der Waals surface area contributed by atoms with Gasteiger partial charge in [0.15, 0.2) is 0 Å². The van der Waals surface area contributed by atoms with Crippen LogP contribution < -0.4 is 20.5 Å². The first-order valence-electron chi connectivity index (χ1n) is 9.89. The number of carbonyl (C=O) groups is 1. The average Bonchev–Trinajstić information content (AvgIpc) is 2.90. The van der Waals surface area contributed by atoms with Crippen molar-refractivity contribution in [3.05, 3.63) is 70.4 Å². The van der Waals surface area contributed by atoms with Crippen LogP contribution in [0.15, 0.2) is 53.3 Å². The molecule has 0 bridgehead atoms. The van der Waals surface area contributed by atoms with E-state index in [1.54, 1.807) is 43.0 Å². The van der Waals surface area contributed by atoms with Crippen molar-refractivity contribution < 1.29 is 14.3 Å². The highest BCUT2D eigenvalue weighted by atomic mass is 16.5. The zero-order valence-corrected chi connectivity index (χ0v) is 17.0. The van der Waals surface area contributed by atoms with Crippen molar-refractivity contribution in [1.29, 1.82) is 0 Å². The van der Waals surface area contributed by atoms with E-state index in [1.165, 1.54) is 4.68 Å². The topological polar surface area (TPSA) is 87.4 Å². The molecular formula is C22H24N4O4. The monoisotopic (exact) mass is 408 g/mol. The second-order valence-electron chi connectivity index (χ2n) is 7.27. The molecule has 8 nitrogen and oxygen atoms in total. The molecule has 1 atom stereocenters. The zero-order valence-electron chi connectivity index (χ0n) is 17.0. The maximum atomic E-state index is 12.6. The van der Waals surface area contributed by atoms with E-state index in [2.05, 4.69) is 10.4 Å². The normalized spacial score (nSPS) is 15.7. The van der Waals surface area contributed by atoms with Crippen LogP contribution in [-0.4, -0.2) is 33.4 Å². The van der Waals surface area contributed by atoms with Crippen LogP contribution in [0, 0.1) is 0 Å². The van der Waals surface area contributed by atoms with E-state index in [9.17, 15) is 9.59 Å². The summed E-state index contributed by atoms with van der Waals surface area (Å²) in [6.45, 7) is 0.557. The molecule has 0 saturated carbocycles. The molecule has 0 aliphatic carbocycles. The number of aromatic nitrogens is 3. The number of ether oxygens (including phenoxy) is 2. The molecule has 0 saturated heterocycles. The summed E-state index contributed by atoms with van der Waals surface area (Å²) in [5.74, 6) is 2.74. The van der Waals surface area contributed by atoms with Crippen molar-refractivity contribution in [3.63, 3.8) is 0 Å². The quantitative estimate of drug-likeness (QED) is 0.701. The molecule has 30 heavy (non-hydrogen) atoms. The molecule has 0 radical (unpaired) electrons. The minimum Gasteiger partial charge on any atom is -0.497 e. The molecule has 8 heteroatoms. The van der Waals surface area contributed by atoms with Gasteiger partial charge in [0.05, 0.1) is 7.11 Å². The Morgan fingerprint density at radius 3 is 2.33 bits per heavy atom. The Labute approximate surface area is 174 Å². The number of methoxy groups -OCH3 is 1. The maximum Gasteiger partial charge on any atom is 0.345 e. The fourth-order valence-corrected chi connectivity index (χ4v) is 3.56. The van der Waals surface area contributed by atoms with Crippen molar-refractivity contribution >= 4 is 5.91 Å². The van der Waals surface area contributed by atoms with E-state index in [-0.39, 0.29) is 17.6 Å². The number of carbonyl (C=O) groups excluding carboxylic acids is 1. The van der Waals surface area contributed by atoms with Gasteiger partial charge in [-0.25, -0.2) is 9.48 Å². The Morgan fingerprint density at radius 1 is 1.03 bits per heavy atom. The molecule has 1 aliphatic heterocycles. The second-order valence-corrected chi connectivity index (χ2v) is 7.27. The number of amides is 1. The minimum atomic E-state index is -0.136. The highest BCUT2D eigenvalue weighted by molar-refractivity contribution is 5.94. The third-order valence-electron chi connectivity index (χ3n) is 5.25. The molecule has 0 spiro atoms. The van der Waals surface area contributed by atoms with Crippen LogP contribution in [0.5, 0.6) is 17.2 Å². The van der Waals surface area contributed by atoms with Gasteiger partial charge in [-0.3, -0.25) is 9.36 Å². The Kier molecular flexibility index (Phi) is 5.56. The molecule has 1 amide bonds. The average molecular weight is 408 g/mol. The predicted molar refractivity (Wildman–Crippen MR) is 111 cm³/mol. The van der Waals surface area contributed by atoms with Crippen LogP contribution in [0.1, 0.15) is 29.0 Å². The van der Waals surface area contributed by atoms with E-state index >= 15 is 0 Å². The van der Waals surface area contributed by atoms with E-state index < -0.39 is 0 Å². The van der Waals surface area contributed by atoms with E-state index in [4.69, 9.17) is 9.47 Å². The number of nitrogens with zero attached hydrogens (tertiary/aromatic N) is 3. The van der Waals surface area contributed by atoms with Gasteiger partial charge in [0.2, 0.25) is 0 Å². The number of fused-ring (bicyclic) bond motifs is 1. The standard InChI is InChI=1S/C22H24N4O4/c1-25-22(28)26-14-13-16(5-12-20(26)24-25)23-21(27)15-3-6-18(7-4-15)30-19-10-8-17(29-2)9-11-19/h3-4,6-11,16H,5,12-14H2,1-2H3,(H,23,27). The number of nitrogens with one attached hydrogen (secondary N) is 1. The van der Waals surface area contributed by atoms with Gasteiger partial charge in [-0.1, -0.05) is 0 Å². The fourth-order valence-electron chi connectivity index (χ4n) is 3.56. The smallest absolute Gasteiger partial charge is 0.345 e. The molecule has 1 aromatic heterocycles. The number of hydrogen-bond donors (Lipinski definition) is 1. The van der Waals surface area contributed by atoms with Gasteiger partial charge in [0.1, 0.15) is 23.1 Å². The Balaban J connectivity index is 1.35. The van der Waals surface area contributed by atoms with Crippen molar-refractivity contribution in [1.82, 2.24) is 19.7 Å². The van der Waals surface area contributed by atoms with Crippen LogP contribution >= 0.6 is 0 Å². The molecule has 1 unspecified atom stereocenters. The Bertz CT molecular complexity index is 1080. The number of rotatable bonds is 5. The molecule has 0 fully saturated rings. The summed E-state index contributed by atoms with van der Waals surface area (Å²) in [5, 5.41) is 7.34. The lowest BCUT2D eigenvalue weighted by Crippen LogP contribution is -2.35. The van der Waals surface area contributed by atoms with Crippen LogP contribution in [0.4, 0.5) is 0 Å². The Hall–Kier alpha value is -3.55. The summed E-state index contributed by atoms with van der Waals surface area (Å²) in [6.07, 6.45) is 2.11. The van der Waals surface area contributed by atoms with E-state index in [1.807, 2.05) is 24.3 Å². The van der Waals surface area contributed by atoms with Gasteiger partial charge in [-0.2, -0.15) is 5.10 Å².